The summed E-state index contributed by atoms with van der Waals surface area (Å²) < 4.78 is 29.6. The standard InChI is InChI=1S/C13H24N4O2S/c1-3-17-8-12(15-10-17)20(18,19)16-13(9-14)7-5-4-6-11(13)2/h8,10-11,16H,3-7,9,14H2,1-2H3. The van der Waals surface area contributed by atoms with Crippen LogP contribution in [-0.4, -0.2) is 30.1 Å². The molecule has 1 aliphatic carbocycles. The number of hydrogen-bond donors (Lipinski definition) is 2. The fourth-order valence-electron chi connectivity index (χ4n) is 2.88. The molecule has 1 saturated carbocycles. The highest BCUT2D eigenvalue weighted by Gasteiger charge is 2.41. The van der Waals surface area contributed by atoms with Crippen molar-refractivity contribution in [3.05, 3.63) is 12.5 Å². The molecule has 0 bridgehead atoms. The average Bonchev–Trinajstić information content (AvgIpc) is 2.91. The highest BCUT2D eigenvalue weighted by atomic mass is 32.2. The van der Waals surface area contributed by atoms with Crippen LogP contribution < -0.4 is 10.5 Å². The van der Waals surface area contributed by atoms with Crippen molar-refractivity contribution in [1.29, 1.82) is 0 Å². The molecule has 0 saturated heterocycles. The molecule has 0 aliphatic heterocycles. The van der Waals surface area contributed by atoms with Gasteiger partial charge in [0.2, 0.25) is 0 Å². The van der Waals surface area contributed by atoms with E-state index in [-0.39, 0.29) is 10.9 Å². The molecule has 0 aromatic carbocycles. The Kier molecular flexibility index (Phi) is 4.51. The highest BCUT2D eigenvalue weighted by molar-refractivity contribution is 7.89. The average molecular weight is 300 g/mol. The molecule has 114 valence electrons. The summed E-state index contributed by atoms with van der Waals surface area (Å²) in [6, 6.07) is 0. The van der Waals surface area contributed by atoms with Crippen LogP contribution in [-0.2, 0) is 16.6 Å². The van der Waals surface area contributed by atoms with Crippen LogP contribution in [0.15, 0.2) is 17.6 Å². The number of nitrogens with one attached hydrogen (secondary N) is 1. The first-order chi connectivity index (χ1) is 9.43. The molecule has 3 N–H and O–H groups in total. The first kappa shape index (κ1) is 15.5. The van der Waals surface area contributed by atoms with Crippen LogP contribution in [0.4, 0.5) is 0 Å². The molecule has 2 rings (SSSR count). The Balaban J connectivity index is 2.25. The van der Waals surface area contributed by atoms with E-state index in [4.69, 9.17) is 5.73 Å². The van der Waals surface area contributed by atoms with Gasteiger partial charge in [-0.1, -0.05) is 19.8 Å². The molecule has 20 heavy (non-hydrogen) atoms. The van der Waals surface area contributed by atoms with E-state index in [0.717, 1.165) is 25.7 Å². The summed E-state index contributed by atoms with van der Waals surface area (Å²) in [6.07, 6.45) is 7.03. The van der Waals surface area contributed by atoms with E-state index in [1.807, 2.05) is 6.92 Å². The van der Waals surface area contributed by atoms with Gasteiger partial charge in [0.05, 0.1) is 6.33 Å². The van der Waals surface area contributed by atoms with Crippen molar-refractivity contribution >= 4 is 10.0 Å². The Hall–Kier alpha value is -0.920. The van der Waals surface area contributed by atoms with Crippen LogP contribution in [0, 0.1) is 5.92 Å². The first-order valence-corrected chi connectivity index (χ1v) is 8.67. The van der Waals surface area contributed by atoms with Crippen molar-refractivity contribution in [2.75, 3.05) is 6.54 Å². The van der Waals surface area contributed by atoms with Gasteiger partial charge in [0.25, 0.3) is 10.0 Å². The van der Waals surface area contributed by atoms with Crippen LogP contribution >= 0.6 is 0 Å². The van der Waals surface area contributed by atoms with Crippen molar-refractivity contribution < 1.29 is 8.42 Å². The normalized spacial score (nSPS) is 27.6. The number of nitrogens with zero attached hydrogens (tertiary/aromatic N) is 2. The molecule has 0 amide bonds. The second-order valence-corrected chi connectivity index (χ2v) is 7.28. The maximum Gasteiger partial charge on any atom is 0.260 e. The van der Waals surface area contributed by atoms with Crippen molar-refractivity contribution in [2.24, 2.45) is 11.7 Å². The second-order valence-electron chi connectivity index (χ2n) is 5.65. The summed E-state index contributed by atoms with van der Waals surface area (Å²) in [7, 11) is -3.61. The number of aryl methyl sites for hydroxylation is 1. The van der Waals surface area contributed by atoms with Crippen molar-refractivity contribution in [2.45, 2.75) is 56.6 Å². The Labute approximate surface area is 120 Å². The second kappa shape index (κ2) is 5.83. The SMILES string of the molecule is CCn1cnc(S(=O)(=O)NC2(CN)CCCCC2C)c1. The van der Waals surface area contributed by atoms with Gasteiger partial charge in [0, 0.05) is 24.8 Å². The Bertz CT molecular complexity index is 554. The van der Waals surface area contributed by atoms with Gasteiger partial charge in [-0.15, -0.1) is 0 Å². The molecule has 0 spiro atoms. The van der Waals surface area contributed by atoms with E-state index >= 15 is 0 Å². The Morgan fingerprint density at radius 3 is 2.85 bits per heavy atom. The minimum Gasteiger partial charge on any atom is -0.336 e. The summed E-state index contributed by atoms with van der Waals surface area (Å²) in [4.78, 5) is 3.99. The lowest BCUT2D eigenvalue weighted by atomic mass is 9.74. The molecule has 7 heteroatoms. The number of sulfonamides is 1. The Morgan fingerprint density at radius 2 is 2.30 bits per heavy atom. The first-order valence-electron chi connectivity index (χ1n) is 7.19. The summed E-state index contributed by atoms with van der Waals surface area (Å²) in [5.41, 5.74) is 5.36. The third-order valence-corrected chi connectivity index (χ3v) is 5.84. The van der Waals surface area contributed by atoms with E-state index in [2.05, 4.69) is 16.6 Å². The monoisotopic (exact) mass is 300 g/mol. The predicted molar refractivity (Wildman–Crippen MR) is 77.6 cm³/mol. The number of aromatic nitrogens is 2. The molecule has 1 fully saturated rings. The van der Waals surface area contributed by atoms with Crippen LogP contribution in [0.1, 0.15) is 39.5 Å². The van der Waals surface area contributed by atoms with Gasteiger partial charge in [0.15, 0.2) is 5.03 Å². The topological polar surface area (TPSA) is 90.0 Å². The maximum atomic E-state index is 12.5. The molecule has 0 radical (unpaired) electrons. The third kappa shape index (κ3) is 2.89. The lowest BCUT2D eigenvalue weighted by Crippen LogP contribution is -2.59. The number of rotatable bonds is 5. The number of nitrogens with two attached hydrogens (primary N) is 1. The van der Waals surface area contributed by atoms with Gasteiger partial charge < -0.3 is 10.3 Å². The van der Waals surface area contributed by atoms with E-state index in [0.29, 0.717) is 13.1 Å². The summed E-state index contributed by atoms with van der Waals surface area (Å²) in [6.45, 7) is 5.03. The quantitative estimate of drug-likeness (QED) is 0.851. The fourth-order valence-corrected chi connectivity index (χ4v) is 4.37. The molecule has 2 atom stereocenters. The van der Waals surface area contributed by atoms with Crippen LogP contribution in [0.2, 0.25) is 0 Å². The predicted octanol–water partition coefficient (Wildman–Crippen LogP) is 1.09. The molecule has 2 unspecified atom stereocenters. The van der Waals surface area contributed by atoms with E-state index in [1.165, 1.54) is 6.33 Å². The minimum atomic E-state index is -3.61. The lowest BCUT2D eigenvalue weighted by molar-refractivity contribution is 0.191. The molecule has 1 aromatic rings. The van der Waals surface area contributed by atoms with Gasteiger partial charge in [-0.2, -0.15) is 0 Å². The van der Waals surface area contributed by atoms with Crippen molar-refractivity contribution in [3.8, 4) is 0 Å². The van der Waals surface area contributed by atoms with Gasteiger partial charge in [-0.05, 0) is 25.7 Å². The summed E-state index contributed by atoms with van der Waals surface area (Å²) in [5, 5.41) is 0.0740. The van der Waals surface area contributed by atoms with Gasteiger partial charge in [-0.3, -0.25) is 0 Å². The zero-order valence-corrected chi connectivity index (χ0v) is 13.0. The van der Waals surface area contributed by atoms with Crippen LogP contribution in [0.3, 0.4) is 0 Å². The molecular weight excluding hydrogens is 276 g/mol. The number of hydrogen-bond acceptors (Lipinski definition) is 4. The van der Waals surface area contributed by atoms with Gasteiger partial charge in [0.1, 0.15) is 0 Å². The van der Waals surface area contributed by atoms with E-state index < -0.39 is 15.6 Å². The third-order valence-electron chi connectivity index (χ3n) is 4.41. The van der Waals surface area contributed by atoms with Gasteiger partial charge in [-0.25, -0.2) is 18.1 Å². The lowest BCUT2D eigenvalue weighted by Gasteiger charge is -2.42. The van der Waals surface area contributed by atoms with E-state index in [9.17, 15) is 8.42 Å². The maximum absolute atomic E-state index is 12.5. The smallest absolute Gasteiger partial charge is 0.260 e. The largest absolute Gasteiger partial charge is 0.336 e. The molecule has 1 aromatic heterocycles. The van der Waals surface area contributed by atoms with Crippen molar-refractivity contribution in [3.63, 3.8) is 0 Å². The Morgan fingerprint density at radius 1 is 1.55 bits per heavy atom. The summed E-state index contributed by atoms with van der Waals surface area (Å²) in [5.74, 6) is 0.240. The fraction of sp³-hybridized carbons (Fsp3) is 0.769. The van der Waals surface area contributed by atoms with E-state index in [1.54, 1.807) is 10.8 Å². The number of imidazole rings is 1. The van der Waals surface area contributed by atoms with Gasteiger partial charge >= 0.3 is 0 Å². The molecule has 1 heterocycles. The van der Waals surface area contributed by atoms with Crippen LogP contribution in [0.25, 0.3) is 0 Å². The van der Waals surface area contributed by atoms with Crippen LogP contribution in [0.5, 0.6) is 0 Å². The molecule has 6 nitrogen and oxygen atoms in total. The zero-order valence-electron chi connectivity index (χ0n) is 12.2. The minimum absolute atomic E-state index is 0.0740. The van der Waals surface area contributed by atoms with Crippen molar-refractivity contribution in [1.82, 2.24) is 14.3 Å². The molecule has 1 aliphatic rings. The summed E-state index contributed by atoms with van der Waals surface area (Å²) >= 11 is 0. The molecular formula is C13H24N4O2S. The zero-order chi connectivity index (χ0) is 14.8. The highest BCUT2D eigenvalue weighted by Crippen LogP contribution is 2.34.